The van der Waals surface area contributed by atoms with Gasteiger partial charge in [0, 0.05) is 12.1 Å². The van der Waals surface area contributed by atoms with Crippen molar-refractivity contribution in [3.05, 3.63) is 107 Å². The van der Waals surface area contributed by atoms with Crippen LogP contribution in [-0.4, -0.2) is 17.0 Å². The molecular weight excluding hydrogens is 464 g/mol. The monoisotopic (exact) mass is 492 g/mol. The zero-order valence-corrected chi connectivity index (χ0v) is 20.6. The molecule has 37 heavy (non-hydrogen) atoms. The highest BCUT2D eigenvalue weighted by atomic mass is 16.5. The van der Waals surface area contributed by atoms with Gasteiger partial charge in [-0.05, 0) is 71.5 Å². The van der Waals surface area contributed by atoms with E-state index >= 15 is 0 Å². The number of nitriles is 1. The van der Waals surface area contributed by atoms with E-state index in [4.69, 9.17) is 15.1 Å². The molecule has 1 atom stereocenters. The third kappa shape index (κ3) is 6.53. The summed E-state index contributed by atoms with van der Waals surface area (Å²) in [6.07, 6.45) is 1.05. The molecule has 0 saturated heterocycles. The lowest BCUT2D eigenvalue weighted by atomic mass is 9.94. The van der Waals surface area contributed by atoms with Gasteiger partial charge in [-0.3, -0.25) is 9.59 Å². The van der Waals surface area contributed by atoms with Gasteiger partial charge in [-0.1, -0.05) is 60.7 Å². The molecule has 6 heteroatoms. The van der Waals surface area contributed by atoms with E-state index in [1.54, 1.807) is 24.3 Å². The van der Waals surface area contributed by atoms with Crippen LogP contribution in [0.5, 0.6) is 5.75 Å². The molecule has 2 N–H and O–H groups in total. The first-order valence-corrected chi connectivity index (χ1v) is 12.2. The molecule has 0 aliphatic rings. The van der Waals surface area contributed by atoms with E-state index in [-0.39, 0.29) is 18.9 Å². The van der Waals surface area contributed by atoms with E-state index in [0.29, 0.717) is 29.8 Å². The van der Waals surface area contributed by atoms with Gasteiger partial charge in [0.15, 0.2) is 0 Å². The summed E-state index contributed by atoms with van der Waals surface area (Å²) in [6, 6.07) is 28.7. The fourth-order valence-corrected chi connectivity index (χ4v) is 4.31. The zero-order valence-electron chi connectivity index (χ0n) is 20.6. The lowest BCUT2D eigenvalue weighted by Gasteiger charge is -2.18. The summed E-state index contributed by atoms with van der Waals surface area (Å²) < 4.78 is 5.87. The highest BCUT2D eigenvalue weighted by molar-refractivity contribution is 5.99. The van der Waals surface area contributed by atoms with Gasteiger partial charge in [-0.15, -0.1) is 0 Å². The van der Waals surface area contributed by atoms with Gasteiger partial charge in [-0.25, -0.2) is 0 Å². The van der Waals surface area contributed by atoms with E-state index in [2.05, 4.69) is 11.4 Å². The van der Waals surface area contributed by atoms with Crippen LogP contribution in [0.3, 0.4) is 0 Å². The molecule has 6 nitrogen and oxygen atoms in total. The Morgan fingerprint density at radius 1 is 1.00 bits per heavy atom. The normalized spacial score (nSPS) is 11.5. The number of carboxylic acid groups (broad SMARTS) is 1. The number of amides is 1. The Bertz CT molecular complexity index is 1470. The van der Waals surface area contributed by atoms with Crippen molar-refractivity contribution >= 4 is 28.3 Å². The number of hydrogen-bond acceptors (Lipinski definition) is 4. The average Bonchev–Trinajstić information content (AvgIpc) is 2.92. The molecule has 0 radical (unpaired) electrons. The molecule has 1 unspecified atom stereocenters. The first-order chi connectivity index (χ1) is 17.9. The predicted molar refractivity (Wildman–Crippen MR) is 143 cm³/mol. The van der Waals surface area contributed by atoms with Gasteiger partial charge in [0.25, 0.3) is 0 Å². The van der Waals surface area contributed by atoms with Crippen molar-refractivity contribution in [2.24, 2.45) is 0 Å². The number of benzene rings is 4. The largest absolute Gasteiger partial charge is 0.489 e. The number of ether oxygens (including phenoxy) is 1. The second-order valence-electron chi connectivity index (χ2n) is 8.95. The Hall–Kier alpha value is -4.63. The molecule has 0 heterocycles. The van der Waals surface area contributed by atoms with Crippen LogP contribution in [0.1, 0.15) is 47.9 Å². The minimum absolute atomic E-state index is 0.0554. The first kappa shape index (κ1) is 25.5. The van der Waals surface area contributed by atoms with Crippen molar-refractivity contribution in [2.75, 3.05) is 5.32 Å². The van der Waals surface area contributed by atoms with Crippen molar-refractivity contribution in [2.45, 2.75) is 38.7 Å². The van der Waals surface area contributed by atoms with Gasteiger partial charge < -0.3 is 15.2 Å². The number of fused-ring (bicyclic) bond motifs is 1. The second-order valence-corrected chi connectivity index (χ2v) is 8.95. The Balaban J connectivity index is 1.55. The molecule has 186 valence electrons. The second kappa shape index (κ2) is 11.9. The molecule has 0 aliphatic carbocycles. The fourth-order valence-electron chi connectivity index (χ4n) is 4.31. The third-order valence-corrected chi connectivity index (χ3v) is 6.32. The van der Waals surface area contributed by atoms with Gasteiger partial charge >= 0.3 is 5.97 Å². The third-order valence-electron chi connectivity index (χ3n) is 6.32. The minimum atomic E-state index is -0.847. The summed E-state index contributed by atoms with van der Waals surface area (Å²) in [5.74, 6) is -0.804. The van der Waals surface area contributed by atoms with E-state index in [1.165, 1.54) is 0 Å². The van der Waals surface area contributed by atoms with E-state index in [0.717, 1.165) is 27.5 Å². The van der Waals surface area contributed by atoms with Crippen LogP contribution in [0.15, 0.2) is 84.9 Å². The van der Waals surface area contributed by atoms with Gasteiger partial charge in [0.05, 0.1) is 17.6 Å². The van der Waals surface area contributed by atoms with Crippen molar-refractivity contribution in [1.82, 2.24) is 0 Å². The Labute approximate surface area is 216 Å². The highest BCUT2D eigenvalue weighted by Gasteiger charge is 2.19. The van der Waals surface area contributed by atoms with Crippen LogP contribution in [0.25, 0.3) is 10.8 Å². The lowest BCUT2D eigenvalue weighted by molar-refractivity contribution is -0.137. The van der Waals surface area contributed by atoms with Crippen molar-refractivity contribution in [3.63, 3.8) is 0 Å². The summed E-state index contributed by atoms with van der Waals surface area (Å²) in [5.41, 5.74) is 3.82. The lowest BCUT2D eigenvalue weighted by Crippen LogP contribution is -2.20. The number of rotatable bonds is 10. The summed E-state index contributed by atoms with van der Waals surface area (Å²) in [7, 11) is 0. The number of hydrogen-bond donors (Lipinski definition) is 2. The Kier molecular flexibility index (Phi) is 8.17. The maximum Gasteiger partial charge on any atom is 0.303 e. The summed E-state index contributed by atoms with van der Waals surface area (Å²) in [5, 5.41) is 23.4. The van der Waals surface area contributed by atoms with Crippen LogP contribution in [0.4, 0.5) is 5.69 Å². The number of aryl methyl sites for hydroxylation is 1. The molecular formula is C31H28N2O4. The SMILES string of the molecule is CC(C(=O)Nc1cc(COc2cccc(C#N)c2)ccc1CCCC(=O)O)c1cccc2ccccc12. The van der Waals surface area contributed by atoms with Crippen LogP contribution in [-0.2, 0) is 22.6 Å². The minimum Gasteiger partial charge on any atom is -0.489 e. The number of carboxylic acids is 1. The molecule has 0 saturated carbocycles. The number of nitrogens with one attached hydrogen (secondary N) is 1. The van der Waals surface area contributed by atoms with Crippen molar-refractivity contribution in [3.8, 4) is 11.8 Å². The molecule has 1 amide bonds. The Morgan fingerprint density at radius 2 is 1.78 bits per heavy atom. The number of nitrogens with zero attached hydrogens (tertiary/aromatic N) is 1. The molecule has 4 aromatic rings. The molecule has 0 bridgehead atoms. The number of anilines is 1. The smallest absolute Gasteiger partial charge is 0.303 e. The molecule has 0 spiro atoms. The van der Waals surface area contributed by atoms with E-state index < -0.39 is 11.9 Å². The fraction of sp³-hybridized carbons (Fsp3) is 0.194. The van der Waals surface area contributed by atoms with Gasteiger partial charge in [0.2, 0.25) is 5.91 Å². The summed E-state index contributed by atoms with van der Waals surface area (Å²) in [6.45, 7) is 2.14. The number of carbonyl (C=O) groups excluding carboxylic acids is 1. The van der Waals surface area contributed by atoms with Crippen LogP contribution < -0.4 is 10.1 Å². The molecule has 0 fully saturated rings. The molecule has 4 rings (SSSR count). The standard InChI is InChI=1S/C31H28N2O4/c1-21(27-13-5-9-24-8-2-3-12-28(24)27)31(36)33-29-18-23(15-16-25(29)10-6-14-30(34)35)20-37-26-11-4-7-22(17-26)19-32/h2-5,7-9,11-13,15-18,21H,6,10,14,20H2,1H3,(H,33,36)(H,34,35). The van der Waals surface area contributed by atoms with E-state index in [9.17, 15) is 9.59 Å². The van der Waals surface area contributed by atoms with Gasteiger partial charge in [-0.2, -0.15) is 5.26 Å². The van der Waals surface area contributed by atoms with Crippen LogP contribution in [0, 0.1) is 11.3 Å². The van der Waals surface area contributed by atoms with Crippen molar-refractivity contribution in [1.29, 1.82) is 5.26 Å². The Morgan fingerprint density at radius 3 is 2.59 bits per heavy atom. The quantitative estimate of drug-likeness (QED) is 0.265. The van der Waals surface area contributed by atoms with Crippen molar-refractivity contribution < 1.29 is 19.4 Å². The maximum absolute atomic E-state index is 13.4. The summed E-state index contributed by atoms with van der Waals surface area (Å²) in [4.78, 5) is 24.4. The molecule has 0 aromatic heterocycles. The molecule has 0 aliphatic heterocycles. The van der Waals surface area contributed by atoms with Crippen LogP contribution in [0.2, 0.25) is 0 Å². The number of aliphatic carboxylic acids is 1. The number of carbonyl (C=O) groups is 2. The summed E-state index contributed by atoms with van der Waals surface area (Å²) >= 11 is 0. The zero-order chi connectivity index (χ0) is 26.2. The predicted octanol–water partition coefficient (Wildman–Crippen LogP) is 6.44. The van der Waals surface area contributed by atoms with Gasteiger partial charge in [0.1, 0.15) is 12.4 Å². The highest BCUT2D eigenvalue weighted by Crippen LogP contribution is 2.28. The maximum atomic E-state index is 13.4. The average molecular weight is 493 g/mol. The van der Waals surface area contributed by atoms with E-state index in [1.807, 2.05) is 67.6 Å². The topological polar surface area (TPSA) is 99.4 Å². The molecule has 4 aromatic carbocycles. The van der Waals surface area contributed by atoms with Crippen LogP contribution >= 0.6 is 0 Å². The first-order valence-electron chi connectivity index (χ1n) is 12.2.